The van der Waals surface area contributed by atoms with Crippen LogP contribution in [0, 0.1) is 23.7 Å². The number of carbonyl (C=O) groups is 3. The molecule has 0 saturated carbocycles. The van der Waals surface area contributed by atoms with Gasteiger partial charge in [-0.2, -0.15) is 0 Å². The van der Waals surface area contributed by atoms with Gasteiger partial charge in [0, 0.05) is 24.9 Å². The Balaban J connectivity index is 1.88. The number of nitrogens with one attached hydrogen (secondary N) is 3. The number of carbonyl (C=O) groups excluding carboxylic acids is 3. The van der Waals surface area contributed by atoms with E-state index in [-0.39, 0.29) is 35.7 Å². The average molecular weight is 724 g/mol. The van der Waals surface area contributed by atoms with Crippen LogP contribution in [0.4, 0.5) is 0 Å². The summed E-state index contributed by atoms with van der Waals surface area (Å²) in [7, 11) is -4.07. The van der Waals surface area contributed by atoms with Crippen molar-refractivity contribution in [2.24, 2.45) is 23.7 Å². The number of nitrogens with zero attached hydrogens (tertiary/aromatic N) is 2. The minimum Gasteiger partial charge on any atom is -0.391 e. The Morgan fingerprint density at radius 3 is 2.14 bits per heavy atom. The van der Waals surface area contributed by atoms with Gasteiger partial charge in [0.05, 0.1) is 23.8 Å². The molecule has 0 aliphatic rings. The van der Waals surface area contributed by atoms with Gasteiger partial charge in [-0.1, -0.05) is 96.8 Å². The molecule has 3 rings (SSSR count). The van der Waals surface area contributed by atoms with Gasteiger partial charge in [0.15, 0.2) is 0 Å². The fraction of sp³-hybridized carbons (Fsp3) is 0.564. The summed E-state index contributed by atoms with van der Waals surface area (Å²) in [4.78, 5) is 48.8. The number of fused-ring (bicyclic) bond motifs is 1. The van der Waals surface area contributed by atoms with Crippen molar-refractivity contribution in [3.63, 3.8) is 0 Å². The summed E-state index contributed by atoms with van der Waals surface area (Å²) in [6.45, 7) is 12.4. The first-order valence-electron chi connectivity index (χ1n) is 18.3. The van der Waals surface area contributed by atoms with E-state index in [1.54, 1.807) is 0 Å². The fourth-order valence-corrected chi connectivity index (χ4v) is 7.57. The highest BCUT2D eigenvalue weighted by Gasteiger charge is 2.34. The average Bonchev–Trinajstić information content (AvgIpc) is 3.10. The number of rotatable bonds is 21. The van der Waals surface area contributed by atoms with Crippen LogP contribution in [0.2, 0.25) is 0 Å². The zero-order valence-electron chi connectivity index (χ0n) is 31.0. The Bertz CT molecular complexity index is 1660. The van der Waals surface area contributed by atoms with Crippen LogP contribution in [0.5, 0.6) is 0 Å². The van der Waals surface area contributed by atoms with Crippen LogP contribution in [0.1, 0.15) is 85.6 Å². The number of unbranched alkanes of at least 4 members (excludes halogenated alkanes) is 1. The summed E-state index contributed by atoms with van der Waals surface area (Å²) in [5.41, 5.74) is 0.801. The molecule has 0 radical (unpaired) electrons. The number of hydrogen-bond acceptors (Lipinski definition) is 8. The van der Waals surface area contributed by atoms with Crippen LogP contribution in [0.15, 0.2) is 66.1 Å². The van der Waals surface area contributed by atoms with E-state index in [1.807, 2.05) is 84.0 Å². The summed E-state index contributed by atoms with van der Waals surface area (Å²) in [5.74, 6) is -2.79. The van der Waals surface area contributed by atoms with Crippen LogP contribution in [-0.2, 0) is 30.6 Å². The van der Waals surface area contributed by atoms with Crippen LogP contribution in [0.25, 0.3) is 10.8 Å². The van der Waals surface area contributed by atoms with Gasteiger partial charge in [-0.05, 0) is 66.3 Å². The van der Waals surface area contributed by atoms with E-state index in [2.05, 4.69) is 25.9 Å². The van der Waals surface area contributed by atoms with Crippen molar-refractivity contribution in [1.29, 1.82) is 0 Å². The normalized spacial score (nSPS) is 14.8. The Morgan fingerprint density at radius 1 is 0.804 bits per heavy atom. The number of aromatic nitrogens is 2. The second kappa shape index (κ2) is 20.2. The van der Waals surface area contributed by atoms with Crippen molar-refractivity contribution in [3.05, 3.63) is 66.5 Å². The second-order valence-electron chi connectivity index (χ2n) is 14.3. The Labute approximate surface area is 303 Å². The topological polar surface area (TPSA) is 167 Å². The predicted octanol–water partition coefficient (Wildman–Crippen LogP) is 5.02. The molecule has 11 nitrogen and oxygen atoms in total. The van der Waals surface area contributed by atoms with Gasteiger partial charge in [-0.15, -0.1) is 0 Å². The molecule has 0 bridgehead atoms. The molecule has 12 heteroatoms. The third kappa shape index (κ3) is 13.0. The molecule has 1 heterocycles. The molecular weight excluding hydrogens is 667 g/mol. The molecule has 3 aromatic rings. The molecule has 0 aliphatic carbocycles. The number of aliphatic hydroxyl groups excluding tert-OH is 1. The van der Waals surface area contributed by atoms with E-state index in [1.165, 1.54) is 18.5 Å². The lowest BCUT2D eigenvalue weighted by molar-refractivity contribution is -0.132. The maximum Gasteiger partial charge on any atom is 0.247 e. The highest BCUT2D eigenvalue weighted by molar-refractivity contribution is 7.91. The van der Waals surface area contributed by atoms with Crippen molar-refractivity contribution < 1.29 is 27.9 Å². The van der Waals surface area contributed by atoms with Gasteiger partial charge < -0.3 is 21.1 Å². The zero-order valence-corrected chi connectivity index (χ0v) is 31.8. The van der Waals surface area contributed by atoms with Crippen molar-refractivity contribution in [1.82, 2.24) is 25.9 Å². The number of benzene rings is 2. The summed E-state index contributed by atoms with van der Waals surface area (Å²) in [6, 6.07) is 13.3. The van der Waals surface area contributed by atoms with Gasteiger partial charge in [0.1, 0.15) is 6.04 Å². The van der Waals surface area contributed by atoms with Crippen molar-refractivity contribution in [2.75, 3.05) is 12.3 Å². The smallest absolute Gasteiger partial charge is 0.247 e. The third-order valence-electron chi connectivity index (χ3n) is 9.03. The van der Waals surface area contributed by atoms with Crippen LogP contribution in [-0.4, -0.2) is 71.7 Å². The van der Waals surface area contributed by atoms with E-state index < -0.39 is 57.4 Å². The minimum atomic E-state index is -4.07. The lowest BCUT2D eigenvalue weighted by Gasteiger charge is -2.30. The van der Waals surface area contributed by atoms with E-state index in [9.17, 15) is 27.9 Å². The molecule has 0 spiro atoms. The van der Waals surface area contributed by atoms with Gasteiger partial charge in [0.2, 0.25) is 32.7 Å². The standard InChI is InChI=1S/C39H57N5O6S/c1-7-9-18-33(38(48)44-34(21-26(3)4)35(45)23-28(8-2)36(46)42-24-27(5)6)43-37(47)31(25-51(49,50)39-40-19-13-20-41-39)22-30-16-12-15-29-14-10-11-17-32(29)30/h10-17,19-20,26-28,31,33-35,45H,7-9,18,21-25H2,1-6H3,(H,42,46)(H,43,47)(H,44,48)/t28-,31+,33-,34-,35-/m0/s1. The Hall–Kier alpha value is -3.90. The molecule has 2 aromatic carbocycles. The van der Waals surface area contributed by atoms with Crippen molar-refractivity contribution in [3.8, 4) is 0 Å². The first kappa shape index (κ1) is 41.5. The second-order valence-corrected chi connectivity index (χ2v) is 16.3. The minimum absolute atomic E-state index is 0.104. The molecule has 0 fully saturated rings. The zero-order chi connectivity index (χ0) is 37.6. The summed E-state index contributed by atoms with van der Waals surface area (Å²) in [6.07, 6.45) is 4.68. The molecule has 4 N–H and O–H groups in total. The Morgan fingerprint density at radius 2 is 1.49 bits per heavy atom. The molecule has 0 aliphatic heterocycles. The van der Waals surface area contributed by atoms with E-state index in [0.29, 0.717) is 32.2 Å². The SMILES string of the molecule is CCCC[C@H](NC(=O)[C@H](Cc1cccc2ccccc12)CS(=O)(=O)c1ncccn1)C(=O)N[C@@H](CC(C)C)[C@@H](O)C[C@H](CC)C(=O)NCC(C)C. The third-order valence-corrected chi connectivity index (χ3v) is 10.6. The van der Waals surface area contributed by atoms with Crippen LogP contribution in [0.3, 0.4) is 0 Å². The molecule has 3 amide bonds. The Kier molecular flexibility index (Phi) is 16.5. The lowest BCUT2D eigenvalue weighted by Crippen LogP contribution is -2.54. The van der Waals surface area contributed by atoms with Crippen LogP contribution < -0.4 is 16.0 Å². The van der Waals surface area contributed by atoms with E-state index >= 15 is 0 Å². The number of hydrogen-bond donors (Lipinski definition) is 4. The largest absolute Gasteiger partial charge is 0.391 e. The molecular formula is C39H57N5O6S. The number of amides is 3. The molecule has 0 unspecified atom stereocenters. The summed E-state index contributed by atoms with van der Waals surface area (Å²) < 4.78 is 27.0. The molecule has 1 aromatic heterocycles. The summed E-state index contributed by atoms with van der Waals surface area (Å²) in [5, 5.41) is 21.7. The monoisotopic (exact) mass is 723 g/mol. The first-order valence-corrected chi connectivity index (χ1v) is 19.9. The molecule has 280 valence electrons. The number of aliphatic hydroxyl groups is 1. The van der Waals surface area contributed by atoms with Gasteiger partial charge >= 0.3 is 0 Å². The molecule has 51 heavy (non-hydrogen) atoms. The first-order chi connectivity index (χ1) is 24.2. The van der Waals surface area contributed by atoms with Gasteiger partial charge in [-0.25, -0.2) is 18.4 Å². The maximum absolute atomic E-state index is 14.1. The molecule has 5 atom stereocenters. The number of sulfone groups is 1. The quantitative estimate of drug-likeness (QED) is 0.111. The lowest BCUT2D eigenvalue weighted by atomic mass is 9.90. The van der Waals surface area contributed by atoms with E-state index in [0.717, 1.165) is 22.8 Å². The van der Waals surface area contributed by atoms with E-state index in [4.69, 9.17) is 0 Å². The van der Waals surface area contributed by atoms with Gasteiger partial charge in [-0.3, -0.25) is 14.4 Å². The maximum atomic E-state index is 14.1. The van der Waals surface area contributed by atoms with Crippen LogP contribution >= 0.6 is 0 Å². The van der Waals surface area contributed by atoms with Gasteiger partial charge in [0.25, 0.3) is 0 Å². The van der Waals surface area contributed by atoms with Crippen molar-refractivity contribution >= 4 is 38.3 Å². The summed E-state index contributed by atoms with van der Waals surface area (Å²) >= 11 is 0. The highest BCUT2D eigenvalue weighted by atomic mass is 32.2. The fourth-order valence-electron chi connectivity index (χ4n) is 6.18. The molecule has 0 saturated heterocycles. The highest BCUT2D eigenvalue weighted by Crippen LogP contribution is 2.24. The predicted molar refractivity (Wildman–Crippen MR) is 200 cm³/mol. The van der Waals surface area contributed by atoms with Crippen molar-refractivity contribution in [2.45, 2.75) is 110 Å².